The van der Waals surface area contributed by atoms with Crippen molar-refractivity contribution in [2.24, 2.45) is 5.92 Å². The third-order valence-corrected chi connectivity index (χ3v) is 8.20. The average Bonchev–Trinajstić information content (AvgIpc) is 3.65. The van der Waals surface area contributed by atoms with Crippen LogP contribution in [0.1, 0.15) is 72.0 Å². The Hall–Kier alpha value is -3.52. The minimum atomic E-state index is -0.285. The van der Waals surface area contributed by atoms with Crippen LogP contribution < -0.4 is 10.1 Å². The maximum atomic E-state index is 13.5. The van der Waals surface area contributed by atoms with Gasteiger partial charge in [-0.15, -0.1) is 0 Å². The summed E-state index contributed by atoms with van der Waals surface area (Å²) in [5.74, 6) is 0.150. The molecule has 8 nitrogen and oxygen atoms in total. The average molecular weight is 550 g/mol. The van der Waals surface area contributed by atoms with Gasteiger partial charge in [0, 0.05) is 44.0 Å². The van der Waals surface area contributed by atoms with E-state index in [0.29, 0.717) is 36.9 Å². The molecule has 3 aliphatic rings. The predicted octanol–water partition coefficient (Wildman–Crippen LogP) is 5.40. The van der Waals surface area contributed by atoms with E-state index < -0.39 is 0 Å². The Kier molecular flexibility index (Phi) is 10.5. The van der Waals surface area contributed by atoms with Crippen LogP contribution in [0.15, 0.2) is 36.4 Å². The first-order chi connectivity index (χ1) is 19.4. The molecule has 0 unspecified atom stereocenters. The first-order valence-electron chi connectivity index (χ1n) is 14.5. The Bertz CT molecular complexity index is 1200. The van der Waals surface area contributed by atoms with E-state index in [4.69, 9.17) is 4.74 Å². The van der Waals surface area contributed by atoms with Crippen molar-refractivity contribution >= 4 is 17.9 Å². The number of hydrogen-bond acceptors (Lipinski definition) is 7. The molecule has 1 saturated carbocycles. The molecule has 1 saturated heterocycles. The van der Waals surface area contributed by atoms with Crippen LogP contribution in [0.5, 0.6) is 17.2 Å². The molecule has 0 bridgehead atoms. The van der Waals surface area contributed by atoms with Crippen molar-refractivity contribution < 1.29 is 24.5 Å². The Morgan fingerprint density at radius 3 is 2.52 bits per heavy atom. The number of nitrogens with zero attached hydrogens (tertiary/aromatic N) is 2. The Morgan fingerprint density at radius 1 is 1.07 bits per heavy atom. The largest absolute Gasteiger partial charge is 0.507 e. The summed E-state index contributed by atoms with van der Waals surface area (Å²) >= 11 is 0. The smallest absolute Gasteiger partial charge is 0.262 e. The number of ether oxygens (including phenoxy) is 1. The van der Waals surface area contributed by atoms with Crippen molar-refractivity contribution in [2.75, 3.05) is 38.6 Å². The molecule has 1 amide bonds. The molecule has 5 rings (SSSR count). The van der Waals surface area contributed by atoms with Crippen LogP contribution in [0.4, 0.5) is 5.69 Å². The molecule has 216 valence electrons. The highest BCUT2D eigenvalue weighted by Gasteiger charge is 2.31. The van der Waals surface area contributed by atoms with Crippen molar-refractivity contribution in [1.82, 2.24) is 9.80 Å². The lowest BCUT2D eigenvalue weighted by atomic mass is 9.90. The lowest BCUT2D eigenvalue weighted by molar-refractivity contribution is -0.104. The molecule has 0 spiro atoms. The topological polar surface area (TPSA) is 102 Å². The van der Waals surface area contributed by atoms with Gasteiger partial charge in [0.05, 0.1) is 6.61 Å². The highest BCUT2D eigenvalue weighted by Crippen LogP contribution is 2.41. The second kappa shape index (κ2) is 14.2. The minimum Gasteiger partial charge on any atom is -0.507 e. The van der Waals surface area contributed by atoms with Crippen LogP contribution in [-0.4, -0.2) is 65.5 Å². The van der Waals surface area contributed by atoms with E-state index in [2.05, 4.69) is 10.2 Å². The summed E-state index contributed by atoms with van der Waals surface area (Å²) in [6.07, 6.45) is 12.8. The number of phenols is 2. The van der Waals surface area contributed by atoms with Gasteiger partial charge in [-0.2, -0.15) is 0 Å². The number of fused-ring (bicyclic) bond motifs is 1. The highest BCUT2D eigenvalue weighted by atomic mass is 16.5. The van der Waals surface area contributed by atoms with E-state index in [-0.39, 0.29) is 23.0 Å². The number of aromatic hydroxyl groups is 2. The van der Waals surface area contributed by atoms with Crippen molar-refractivity contribution in [2.45, 2.75) is 65.0 Å². The summed E-state index contributed by atoms with van der Waals surface area (Å²) in [5.41, 5.74) is 3.81. The molecule has 8 heteroatoms. The Balaban J connectivity index is 0.000000312. The molecule has 2 aliphatic heterocycles. The molecular weight excluding hydrogens is 506 g/mol. The standard InChI is InChI=1S/C24H30N2O4.C8H13NO/c1-15-20(27)11-21(28)22(23(15)30-14-16-7-4-3-5-8-16)24(29)26-12-17-9-6-10-19(25-2)18(17)13-26;10-8-4-3-7-9-5-1-2-6-9/h6,9-11,16,25,27-28H,3-5,7-8,12-14H2,1-2H3;3-4,8H,1-2,5-7H2/b;4-3+. The van der Waals surface area contributed by atoms with Crippen LogP contribution >= 0.6 is 0 Å². The summed E-state index contributed by atoms with van der Waals surface area (Å²) in [4.78, 5) is 27.4. The number of allylic oxidation sites excluding steroid dienone is 1. The zero-order valence-electron chi connectivity index (χ0n) is 23.8. The second-order valence-corrected chi connectivity index (χ2v) is 11.0. The second-order valence-electron chi connectivity index (χ2n) is 11.0. The van der Waals surface area contributed by atoms with Gasteiger partial charge >= 0.3 is 0 Å². The summed E-state index contributed by atoms with van der Waals surface area (Å²) < 4.78 is 6.09. The Morgan fingerprint density at radius 2 is 1.82 bits per heavy atom. The van der Waals surface area contributed by atoms with E-state index in [1.54, 1.807) is 17.9 Å². The van der Waals surface area contributed by atoms with Crippen LogP contribution in [0.3, 0.4) is 0 Å². The summed E-state index contributed by atoms with van der Waals surface area (Å²) in [6.45, 7) is 6.50. The predicted molar refractivity (Wildman–Crippen MR) is 157 cm³/mol. The molecule has 2 heterocycles. The number of rotatable bonds is 8. The number of phenolic OH excluding ortho intramolecular Hbond substituents is 2. The van der Waals surface area contributed by atoms with Gasteiger partial charge in [-0.05, 0) is 74.9 Å². The van der Waals surface area contributed by atoms with Gasteiger partial charge < -0.3 is 25.2 Å². The van der Waals surface area contributed by atoms with Gasteiger partial charge in [-0.3, -0.25) is 14.5 Å². The lowest BCUT2D eigenvalue weighted by Crippen LogP contribution is -2.27. The number of likely N-dealkylation sites (tertiary alicyclic amines) is 1. The van der Waals surface area contributed by atoms with E-state index in [1.807, 2.05) is 31.3 Å². The van der Waals surface area contributed by atoms with Gasteiger partial charge in [0.2, 0.25) is 0 Å². The molecule has 1 aliphatic carbocycles. The highest BCUT2D eigenvalue weighted by molar-refractivity contribution is 6.01. The van der Waals surface area contributed by atoms with Crippen LogP contribution in [0, 0.1) is 12.8 Å². The normalized spacial score (nSPS) is 17.4. The number of benzene rings is 2. The molecule has 2 aromatic rings. The maximum Gasteiger partial charge on any atom is 0.262 e. The summed E-state index contributed by atoms with van der Waals surface area (Å²) in [6, 6.07) is 7.22. The van der Waals surface area contributed by atoms with Crippen LogP contribution in [0.25, 0.3) is 0 Å². The number of carbonyl (C=O) groups is 2. The molecule has 2 aromatic carbocycles. The van der Waals surface area contributed by atoms with Gasteiger partial charge in [-0.25, -0.2) is 0 Å². The van der Waals surface area contributed by atoms with Crippen LogP contribution in [-0.2, 0) is 17.9 Å². The van der Waals surface area contributed by atoms with E-state index >= 15 is 0 Å². The number of nitrogens with one attached hydrogen (secondary N) is 1. The number of carbonyl (C=O) groups excluding carboxylic acids is 2. The zero-order chi connectivity index (χ0) is 28.5. The molecule has 0 aromatic heterocycles. The maximum absolute atomic E-state index is 13.5. The SMILES string of the molecule is CNc1cccc2c1CN(C(=O)c1c(O)cc(O)c(C)c1OCC1CCCCC1)C2.O=C/C=C/CN1CCCC1. The van der Waals surface area contributed by atoms with E-state index in [1.165, 1.54) is 51.3 Å². The zero-order valence-corrected chi connectivity index (χ0v) is 23.8. The summed E-state index contributed by atoms with van der Waals surface area (Å²) in [7, 11) is 1.87. The third kappa shape index (κ3) is 7.16. The van der Waals surface area contributed by atoms with E-state index in [9.17, 15) is 19.8 Å². The number of amides is 1. The van der Waals surface area contributed by atoms with Crippen molar-refractivity contribution in [3.05, 3.63) is 58.7 Å². The van der Waals surface area contributed by atoms with Gasteiger partial charge in [0.25, 0.3) is 5.91 Å². The molecule has 40 heavy (non-hydrogen) atoms. The monoisotopic (exact) mass is 549 g/mol. The molecule has 0 radical (unpaired) electrons. The third-order valence-electron chi connectivity index (χ3n) is 8.20. The van der Waals surface area contributed by atoms with Crippen molar-refractivity contribution in [3.63, 3.8) is 0 Å². The van der Waals surface area contributed by atoms with Gasteiger partial charge in [0.1, 0.15) is 29.1 Å². The summed E-state index contributed by atoms with van der Waals surface area (Å²) in [5, 5.41) is 24.0. The van der Waals surface area contributed by atoms with Gasteiger partial charge in [0.15, 0.2) is 0 Å². The fourth-order valence-corrected chi connectivity index (χ4v) is 5.86. The fraction of sp³-hybridized carbons (Fsp3) is 0.500. The van der Waals surface area contributed by atoms with E-state index in [0.717, 1.165) is 42.5 Å². The first kappa shape index (κ1) is 29.5. The van der Waals surface area contributed by atoms with Crippen LogP contribution in [0.2, 0.25) is 0 Å². The molecular formula is C32H43N3O5. The Labute approximate surface area is 237 Å². The molecule has 2 fully saturated rings. The molecule has 3 N–H and O–H groups in total. The van der Waals surface area contributed by atoms with Crippen molar-refractivity contribution in [1.29, 1.82) is 0 Å². The number of hydrogen-bond donors (Lipinski definition) is 3. The lowest BCUT2D eigenvalue weighted by Gasteiger charge is -2.25. The quantitative estimate of drug-likeness (QED) is 0.299. The van der Waals surface area contributed by atoms with Crippen molar-refractivity contribution in [3.8, 4) is 17.2 Å². The number of aldehydes is 1. The first-order valence-corrected chi connectivity index (χ1v) is 14.5. The minimum absolute atomic E-state index is 0.0649. The molecule has 0 atom stereocenters. The van der Waals surface area contributed by atoms with Gasteiger partial charge in [-0.1, -0.05) is 37.5 Å². The fourth-order valence-electron chi connectivity index (χ4n) is 5.86. The number of anilines is 1.